The van der Waals surface area contributed by atoms with Crippen molar-refractivity contribution in [2.24, 2.45) is 28.6 Å². The Kier molecular flexibility index (Phi) is 6.25. The summed E-state index contributed by atoms with van der Waals surface area (Å²) < 4.78 is 6.12. The highest BCUT2D eigenvalue weighted by Crippen LogP contribution is 2.71. The van der Waals surface area contributed by atoms with E-state index in [2.05, 4.69) is 6.92 Å². The zero-order chi connectivity index (χ0) is 25.9. The topological polar surface area (TPSA) is 104 Å². The molecule has 0 aliphatic heterocycles. The molecule has 9 atom stereocenters. The maximum absolute atomic E-state index is 13.1. The molecule has 5 rings (SSSR count). The largest absolute Gasteiger partial charge is 0.458 e. The summed E-state index contributed by atoms with van der Waals surface area (Å²) in [6.45, 7) is 5.56. The van der Waals surface area contributed by atoms with E-state index in [0.29, 0.717) is 38.5 Å². The average molecular weight is 497 g/mol. The van der Waals surface area contributed by atoms with Crippen LogP contribution in [0.15, 0.2) is 36.4 Å². The predicted octanol–water partition coefficient (Wildman–Crippen LogP) is 4.06. The first kappa shape index (κ1) is 25.6. The molecule has 4 aliphatic rings. The number of hydrogen-bond donors (Lipinski definition) is 3. The molecule has 0 heterocycles. The molecule has 3 N–H and O–H groups in total. The second-order valence-electron chi connectivity index (χ2n) is 12.4. The fraction of sp³-hybridized carbons (Fsp3) is 0.667. The van der Waals surface area contributed by atoms with Crippen molar-refractivity contribution in [3.05, 3.63) is 42.0 Å². The van der Waals surface area contributed by atoms with Gasteiger partial charge in [0.25, 0.3) is 0 Å². The van der Waals surface area contributed by atoms with Crippen molar-refractivity contribution in [2.45, 2.75) is 95.5 Å². The standard InChI is InChI=1S/C30H40O6/c1-19(31)23-13-16-30(35)28(23,3)25(36-26(33)10-9-20-7-5-4-6-8-20)18-24-27(2)14-12-22(32)17-21(27)11-15-29(24,30)34/h4-10,21-25,32,34-35H,11-18H2,1-3H3/b10-9+/t21-,22-,23-,24+,25+,27-,28-,29-,30+/m0/s1. The van der Waals surface area contributed by atoms with Gasteiger partial charge in [-0.2, -0.15) is 0 Å². The molecule has 6 nitrogen and oxygen atoms in total. The van der Waals surface area contributed by atoms with E-state index in [4.69, 9.17) is 4.74 Å². The molecular formula is C30H40O6. The molecule has 0 bridgehead atoms. The number of carbonyl (C=O) groups is 2. The predicted molar refractivity (Wildman–Crippen MR) is 136 cm³/mol. The van der Waals surface area contributed by atoms with Gasteiger partial charge in [0.2, 0.25) is 0 Å². The molecule has 0 radical (unpaired) electrons. The maximum atomic E-state index is 13.1. The molecule has 0 spiro atoms. The van der Waals surface area contributed by atoms with Crippen LogP contribution in [0.25, 0.3) is 6.08 Å². The third-order valence-corrected chi connectivity index (χ3v) is 11.0. The van der Waals surface area contributed by atoms with Gasteiger partial charge >= 0.3 is 5.97 Å². The lowest BCUT2D eigenvalue weighted by Crippen LogP contribution is -2.76. The van der Waals surface area contributed by atoms with Crippen molar-refractivity contribution in [1.29, 1.82) is 0 Å². The molecular weight excluding hydrogens is 456 g/mol. The lowest BCUT2D eigenvalue weighted by molar-refractivity contribution is -0.320. The molecule has 1 aromatic carbocycles. The minimum absolute atomic E-state index is 0.0444. The van der Waals surface area contributed by atoms with Crippen LogP contribution in [0, 0.1) is 28.6 Å². The number of fused-ring (bicyclic) bond motifs is 5. The number of ether oxygens (including phenoxy) is 1. The molecule has 4 fully saturated rings. The Hall–Kier alpha value is -2.02. The van der Waals surface area contributed by atoms with Crippen LogP contribution in [0.1, 0.15) is 77.7 Å². The minimum atomic E-state index is -1.54. The quantitative estimate of drug-likeness (QED) is 0.429. The van der Waals surface area contributed by atoms with Crippen LogP contribution in [-0.2, 0) is 14.3 Å². The van der Waals surface area contributed by atoms with Gasteiger partial charge in [-0.1, -0.05) is 44.2 Å². The van der Waals surface area contributed by atoms with Crippen LogP contribution < -0.4 is 0 Å². The van der Waals surface area contributed by atoms with Crippen LogP contribution in [-0.4, -0.2) is 50.5 Å². The van der Waals surface area contributed by atoms with Gasteiger partial charge in [0, 0.05) is 17.4 Å². The normalized spacial score (nSPS) is 46.0. The van der Waals surface area contributed by atoms with Crippen LogP contribution in [0.2, 0.25) is 0 Å². The van der Waals surface area contributed by atoms with Crippen molar-refractivity contribution in [2.75, 3.05) is 0 Å². The number of Topliss-reactive ketones (excluding diaryl/α,β-unsaturated/α-hetero) is 1. The van der Waals surface area contributed by atoms with E-state index in [1.54, 1.807) is 6.08 Å². The number of aliphatic hydroxyl groups excluding tert-OH is 1. The number of hydrogen-bond acceptors (Lipinski definition) is 6. The fourth-order valence-corrected chi connectivity index (χ4v) is 8.92. The van der Waals surface area contributed by atoms with Crippen LogP contribution in [0.4, 0.5) is 0 Å². The Morgan fingerprint density at radius 2 is 1.72 bits per heavy atom. The summed E-state index contributed by atoms with van der Waals surface area (Å²) in [7, 11) is 0. The van der Waals surface area contributed by atoms with Crippen molar-refractivity contribution in [1.82, 2.24) is 0 Å². The highest BCUT2D eigenvalue weighted by Gasteiger charge is 2.77. The number of aliphatic hydroxyl groups is 3. The SMILES string of the molecule is CC(=O)[C@@H]1CC[C@@]2(O)[C@]1(C)[C@H](OC(=O)/C=C/c1ccccc1)C[C@@H]1[C@@]3(C)CC[C@H](O)C[C@@H]3CC[C@]12O. The Bertz CT molecular complexity index is 1050. The molecule has 4 aliphatic carbocycles. The Morgan fingerprint density at radius 3 is 2.42 bits per heavy atom. The van der Waals surface area contributed by atoms with E-state index in [0.717, 1.165) is 18.4 Å². The Balaban J connectivity index is 1.53. The van der Waals surface area contributed by atoms with Gasteiger partial charge < -0.3 is 20.1 Å². The number of carbonyl (C=O) groups excluding carboxylic acids is 2. The smallest absolute Gasteiger partial charge is 0.331 e. The lowest BCUT2D eigenvalue weighted by atomic mass is 9.40. The van der Waals surface area contributed by atoms with Crippen molar-refractivity contribution >= 4 is 17.8 Å². The first-order chi connectivity index (χ1) is 17.0. The van der Waals surface area contributed by atoms with E-state index >= 15 is 0 Å². The van der Waals surface area contributed by atoms with Gasteiger partial charge in [-0.3, -0.25) is 4.79 Å². The summed E-state index contributed by atoms with van der Waals surface area (Å²) in [4.78, 5) is 25.9. The third-order valence-electron chi connectivity index (χ3n) is 11.0. The highest BCUT2D eigenvalue weighted by molar-refractivity contribution is 5.87. The summed E-state index contributed by atoms with van der Waals surface area (Å²) >= 11 is 0. The van der Waals surface area contributed by atoms with Gasteiger partial charge in [-0.25, -0.2) is 4.79 Å². The second kappa shape index (κ2) is 8.78. The summed E-state index contributed by atoms with van der Waals surface area (Å²) in [6, 6.07) is 9.49. The van der Waals surface area contributed by atoms with Crippen LogP contribution in [0.5, 0.6) is 0 Å². The van der Waals surface area contributed by atoms with E-state index in [9.17, 15) is 24.9 Å². The van der Waals surface area contributed by atoms with Gasteiger partial charge in [0.1, 0.15) is 17.5 Å². The molecule has 1 aromatic rings. The van der Waals surface area contributed by atoms with E-state index in [-0.39, 0.29) is 29.1 Å². The number of benzene rings is 1. The monoisotopic (exact) mass is 496 g/mol. The van der Waals surface area contributed by atoms with E-state index in [1.165, 1.54) is 13.0 Å². The zero-order valence-electron chi connectivity index (χ0n) is 21.7. The van der Waals surface area contributed by atoms with Crippen molar-refractivity contribution < 1.29 is 29.6 Å². The van der Waals surface area contributed by atoms with E-state index in [1.807, 2.05) is 37.3 Å². The van der Waals surface area contributed by atoms with E-state index < -0.39 is 34.6 Å². The summed E-state index contributed by atoms with van der Waals surface area (Å²) in [5.74, 6) is -1.11. The number of ketones is 1. The van der Waals surface area contributed by atoms with Gasteiger partial charge in [0.05, 0.1) is 11.7 Å². The third kappa shape index (κ3) is 3.55. The molecule has 0 saturated heterocycles. The molecule has 196 valence electrons. The highest BCUT2D eigenvalue weighted by atomic mass is 16.5. The van der Waals surface area contributed by atoms with Crippen molar-refractivity contribution in [3.8, 4) is 0 Å². The summed E-state index contributed by atoms with van der Waals surface area (Å²) in [6.07, 6.45) is 6.49. The molecule has 36 heavy (non-hydrogen) atoms. The molecule has 4 saturated carbocycles. The van der Waals surface area contributed by atoms with Crippen LogP contribution in [0.3, 0.4) is 0 Å². The summed E-state index contributed by atoms with van der Waals surface area (Å²) in [5, 5.41) is 35.2. The lowest BCUT2D eigenvalue weighted by Gasteiger charge is -2.68. The van der Waals surface area contributed by atoms with Gasteiger partial charge in [-0.05, 0) is 87.2 Å². The zero-order valence-corrected chi connectivity index (χ0v) is 21.7. The Morgan fingerprint density at radius 1 is 1.00 bits per heavy atom. The average Bonchev–Trinajstić information content (AvgIpc) is 3.14. The Labute approximate surface area is 213 Å². The molecule has 0 unspecified atom stereocenters. The first-order valence-corrected chi connectivity index (χ1v) is 13.5. The number of esters is 1. The van der Waals surface area contributed by atoms with Crippen LogP contribution >= 0.6 is 0 Å². The molecule has 0 aromatic heterocycles. The minimum Gasteiger partial charge on any atom is -0.458 e. The second-order valence-corrected chi connectivity index (χ2v) is 12.4. The van der Waals surface area contributed by atoms with Gasteiger partial charge in [-0.15, -0.1) is 0 Å². The first-order valence-electron chi connectivity index (χ1n) is 13.5. The number of rotatable bonds is 4. The fourth-order valence-electron chi connectivity index (χ4n) is 8.92. The summed E-state index contributed by atoms with van der Waals surface area (Å²) in [5.41, 5.74) is -3.42. The maximum Gasteiger partial charge on any atom is 0.331 e. The molecule has 6 heteroatoms. The molecule has 0 amide bonds. The van der Waals surface area contributed by atoms with Gasteiger partial charge in [0.15, 0.2) is 0 Å². The van der Waals surface area contributed by atoms with Crippen molar-refractivity contribution in [3.63, 3.8) is 0 Å².